The highest BCUT2D eigenvalue weighted by atomic mass is 16.5. The normalized spacial score (nSPS) is 12.1. The van der Waals surface area contributed by atoms with E-state index in [4.69, 9.17) is 5.73 Å². The first-order valence-electron chi connectivity index (χ1n) is 4.24. The molecule has 0 saturated carbocycles. The van der Waals surface area contributed by atoms with Gasteiger partial charge in [-0.2, -0.15) is 0 Å². The number of aliphatic hydroxyl groups excluding tert-OH is 1. The molecule has 0 saturated heterocycles. The average molecular weight is 195 g/mol. The maximum absolute atomic E-state index is 10.9. The Morgan fingerprint density at radius 2 is 2.36 bits per heavy atom. The van der Waals surface area contributed by atoms with Crippen LogP contribution in [-0.4, -0.2) is 18.2 Å². The first kappa shape index (κ1) is 10.5. The monoisotopic (exact) mass is 195 g/mol. The van der Waals surface area contributed by atoms with E-state index in [1.807, 2.05) is 0 Å². The standard InChI is InChI=1S/C10H13NO3/c1-14-10(13)6-9(12)7-3-2-4-8(11)5-7/h2-5,9,12H,6,11H2,1H3/t9-/m1/s1. The van der Waals surface area contributed by atoms with Gasteiger partial charge >= 0.3 is 5.97 Å². The summed E-state index contributed by atoms with van der Waals surface area (Å²) in [5, 5.41) is 9.59. The summed E-state index contributed by atoms with van der Waals surface area (Å²) in [6.45, 7) is 0. The number of anilines is 1. The number of rotatable bonds is 3. The molecule has 0 bridgehead atoms. The molecule has 0 heterocycles. The quantitative estimate of drug-likeness (QED) is 0.554. The molecule has 0 aliphatic carbocycles. The van der Waals surface area contributed by atoms with E-state index in [9.17, 15) is 9.90 Å². The molecule has 3 N–H and O–H groups in total. The highest BCUT2D eigenvalue weighted by Gasteiger charge is 2.12. The molecule has 1 aromatic rings. The molecule has 14 heavy (non-hydrogen) atoms. The molecule has 0 spiro atoms. The molecule has 0 unspecified atom stereocenters. The molecule has 0 fully saturated rings. The summed E-state index contributed by atoms with van der Waals surface area (Å²) in [7, 11) is 1.29. The number of carbonyl (C=O) groups is 1. The lowest BCUT2D eigenvalue weighted by atomic mass is 10.1. The van der Waals surface area contributed by atoms with Crippen molar-refractivity contribution in [2.45, 2.75) is 12.5 Å². The molecule has 0 amide bonds. The Balaban J connectivity index is 2.69. The van der Waals surface area contributed by atoms with Gasteiger partial charge in [0.05, 0.1) is 19.6 Å². The predicted octanol–water partition coefficient (Wildman–Crippen LogP) is 0.865. The molecule has 4 nitrogen and oxygen atoms in total. The lowest BCUT2D eigenvalue weighted by Gasteiger charge is -2.09. The number of hydrogen-bond acceptors (Lipinski definition) is 4. The van der Waals surface area contributed by atoms with Crippen molar-refractivity contribution in [3.63, 3.8) is 0 Å². The van der Waals surface area contributed by atoms with Crippen molar-refractivity contribution in [3.05, 3.63) is 29.8 Å². The molecule has 1 atom stereocenters. The van der Waals surface area contributed by atoms with Crippen LogP contribution < -0.4 is 5.73 Å². The number of nitrogen functional groups attached to an aromatic ring is 1. The van der Waals surface area contributed by atoms with Crippen LogP contribution >= 0.6 is 0 Å². The van der Waals surface area contributed by atoms with Crippen molar-refractivity contribution >= 4 is 11.7 Å². The van der Waals surface area contributed by atoms with Gasteiger partial charge in [-0.1, -0.05) is 12.1 Å². The third-order valence-electron chi connectivity index (χ3n) is 1.88. The minimum Gasteiger partial charge on any atom is -0.469 e. The maximum atomic E-state index is 10.9. The number of carbonyl (C=O) groups excluding carboxylic acids is 1. The summed E-state index contributed by atoms with van der Waals surface area (Å²) in [6, 6.07) is 6.79. The van der Waals surface area contributed by atoms with E-state index in [1.54, 1.807) is 24.3 Å². The second kappa shape index (κ2) is 4.62. The fraction of sp³-hybridized carbons (Fsp3) is 0.300. The van der Waals surface area contributed by atoms with Crippen LogP contribution in [0.1, 0.15) is 18.1 Å². The Kier molecular flexibility index (Phi) is 3.48. The molecule has 0 aromatic heterocycles. The highest BCUT2D eigenvalue weighted by molar-refractivity contribution is 5.70. The zero-order chi connectivity index (χ0) is 10.6. The molecule has 76 valence electrons. The molecule has 0 aliphatic rings. The Morgan fingerprint density at radius 3 is 2.93 bits per heavy atom. The van der Waals surface area contributed by atoms with Gasteiger partial charge in [-0.05, 0) is 17.7 Å². The van der Waals surface area contributed by atoms with Crippen molar-refractivity contribution in [2.75, 3.05) is 12.8 Å². The topological polar surface area (TPSA) is 72.5 Å². The van der Waals surface area contributed by atoms with E-state index in [0.717, 1.165) is 0 Å². The summed E-state index contributed by atoms with van der Waals surface area (Å²) in [4.78, 5) is 10.9. The maximum Gasteiger partial charge on any atom is 0.308 e. The van der Waals surface area contributed by atoms with E-state index >= 15 is 0 Å². The number of ether oxygens (including phenoxy) is 1. The number of aliphatic hydroxyl groups is 1. The van der Waals surface area contributed by atoms with Gasteiger partial charge < -0.3 is 15.6 Å². The number of methoxy groups -OCH3 is 1. The van der Waals surface area contributed by atoms with E-state index in [-0.39, 0.29) is 6.42 Å². The Hall–Kier alpha value is -1.55. The molecule has 1 aromatic carbocycles. The zero-order valence-corrected chi connectivity index (χ0v) is 7.93. The zero-order valence-electron chi connectivity index (χ0n) is 7.93. The summed E-state index contributed by atoms with van der Waals surface area (Å²) >= 11 is 0. The van der Waals surface area contributed by atoms with Crippen molar-refractivity contribution < 1.29 is 14.6 Å². The van der Waals surface area contributed by atoms with Crippen LogP contribution in [0.4, 0.5) is 5.69 Å². The summed E-state index contributed by atoms with van der Waals surface area (Å²) in [5.41, 5.74) is 6.71. The van der Waals surface area contributed by atoms with Gasteiger partial charge in [0.2, 0.25) is 0 Å². The van der Waals surface area contributed by atoms with Crippen LogP contribution in [0.5, 0.6) is 0 Å². The van der Waals surface area contributed by atoms with Crippen LogP contribution in [0, 0.1) is 0 Å². The smallest absolute Gasteiger partial charge is 0.308 e. The third kappa shape index (κ3) is 2.74. The van der Waals surface area contributed by atoms with E-state index < -0.39 is 12.1 Å². The number of nitrogens with two attached hydrogens (primary N) is 1. The van der Waals surface area contributed by atoms with Crippen LogP contribution in [0.2, 0.25) is 0 Å². The predicted molar refractivity (Wildman–Crippen MR) is 52.4 cm³/mol. The van der Waals surface area contributed by atoms with Crippen LogP contribution in [0.25, 0.3) is 0 Å². The summed E-state index contributed by atoms with van der Waals surface area (Å²) < 4.78 is 4.44. The molecule has 1 rings (SSSR count). The van der Waals surface area contributed by atoms with E-state index in [2.05, 4.69) is 4.74 Å². The third-order valence-corrected chi connectivity index (χ3v) is 1.88. The van der Waals surface area contributed by atoms with Crippen LogP contribution in [-0.2, 0) is 9.53 Å². The van der Waals surface area contributed by atoms with Crippen LogP contribution in [0.3, 0.4) is 0 Å². The van der Waals surface area contributed by atoms with Crippen molar-refractivity contribution in [3.8, 4) is 0 Å². The Labute approximate surface area is 82.3 Å². The lowest BCUT2D eigenvalue weighted by Crippen LogP contribution is -2.08. The van der Waals surface area contributed by atoms with Crippen LogP contribution in [0.15, 0.2) is 24.3 Å². The average Bonchev–Trinajstić information content (AvgIpc) is 2.17. The van der Waals surface area contributed by atoms with Crippen molar-refractivity contribution in [1.82, 2.24) is 0 Å². The van der Waals surface area contributed by atoms with Gasteiger partial charge in [0.25, 0.3) is 0 Å². The van der Waals surface area contributed by atoms with Gasteiger partial charge in [0, 0.05) is 5.69 Å². The van der Waals surface area contributed by atoms with Gasteiger partial charge in [0.15, 0.2) is 0 Å². The fourth-order valence-corrected chi connectivity index (χ4v) is 1.13. The van der Waals surface area contributed by atoms with E-state index in [0.29, 0.717) is 11.3 Å². The number of esters is 1. The van der Waals surface area contributed by atoms with Gasteiger partial charge in [0.1, 0.15) is 0 Å². The summed E-state index contributed by atoms with van der Waals surface area (Å²) in [6.07, 6.45) is -0.911. The van der Waals surface area contributed by atoms with Crippen molar-refractivity contribution in [2.24, 2.45) is 0 Å². The first-order chi connectivity index (χ1) is 6.63. The minimum atomic E-state index is -0.856. The number of hydrogen-bond donors (Lipinski definition) is 2. The molecular formula is C10H13NO3. The first-order valence-corrected chi connectivity index (χ1v) is 4.24. The summed E-state index contributed by atoms with van der Waals surface area (Å²) in [5.74, 6) is -0.445. The largest absolute Gasteiger partial charge is 0.469 e. The molecule has 4 heteroatoms. The minimum absolute atomic E-state index is 0.0556. The lowest BCUT2D eigenvalue weighted by molar-refractivity contribution is -0.142. The van der Waals surface area contributed by atoms with Gasteiger partial charge in [-0.25, -0.2) is 0 Å². The Bertz CT molecular complexity index is 325. The highest BCUT2D eigenvalue weighted by Crippen LogP contribution is 2.18. The second-order valence-corrected chi connectivity index (χ2v) is 2.97. The molecule has 0 radical (unpaired) electrons. The second-order valence-electron chi connectivity index (χ2n) is 2.97. The van der Waals surface area contributed by atoms with E-state index in [1.165, 1.54) is 7.11 Å². The fourth-order valence-electron chi connectivity index (χ4n) is 1.13. The SMILES string of the molecule is COC(=O)C[C@@H](O)c1cccc(N)c1. The number of benzene rings is 1. The van der Waals surface area contributed by atoms with Gasteiger partial charge in [-0.15, -0.1) is 0 Å². The molecular weight excluding hydrogens is 182 g/mol. The van der Waals surface area contributed by atoms with Gasteiger partial charge in [-0.3, -0.25) is 4.79 Å². The molecule has 0 aliphatic heterocycles. The van der Waals surface area contributed by atoms with Crippen molar-refractivity contribution in [1.29, 1.82) is 0 Å². The Morgan fingerprint density at radius 1 is 1.64 bits per heavy atom.